The molecule has 0 unspecified atom stereocenters. The standard InChI is InChI=1S/C18H25N3O4/c1-3-20(11-17(22)23)14-9-13(10-14)19-18(24)21-7-6-12-8-15(25-2)4-5-16(12)21/h4-5,8,13-14H,3,6-7,9-11H2,1-2H3,(H,19,24)(H,22,23). The Balaban J connectivity index is 1.53. The molecule has 0 radical (unpaired) electrons. The highest BCUT2D eigenvalue weighted by atomic mass is 16.5. The van der Waals surface area contributed by atoms with Crippen molar-refractivity contribution in [1.29, 1.82) is 0 Å². The molecule has 0 bridgehead atoms. The second-order valence-corrected chi connectivity index (χ2v) is 6.62. The average molecular weight is 347 g/mol. The van der Waals surface area contributed by atoms with Gasteiger partial charge in [-0.25, -0.2) is 4.79 Å². The van der Waals surface area contributed by atoms with Crippen LogP contribution in [0.25, 0.3) is 0 Å². The number of nitrogens with one attached hydrogen (secondary N) is 1. The largest absolute Gasteiger partial charge is 0.497 e. The number of amides is 2. The van der Waals surface area contributed by atoms with Gasteiger partial charge in [-0.3, -0.25) is 14.6 Å². The molecule has 7 nitrogen and oxygen atoms in total. The maximum Gasteiger partial charge on any atom is 0.322 e. The number of fused-ring (bicyclic) bond motifs is 1. The van der Waals surface area contributed by atoms with Crippen molar-refractivity contribution in [3.05, 3.63) is 23.8 Å². The summed E-state index contributed by atoms with van der Waals surface area (Å²) in [5, 5.41) is 12.0. The van der Waals surface area contributed by atoms with Crippen LogP contribution in [-0.2, 0) is 11.2 Å². The SMILES string of the molecule is CCN(CC(=O)O)C1CC(NC(=O)N2CCc3cc(OC)ccc32)C1. The van der Waals surface area contributed by atoms with E-state index in [2.05, 4.69) is 5.32 Å². The lowest BCUT2D eigenvalue weighted by Crippen LogP contribution is -2.56. The fraction of sp³-hybridized carbons (Fsp3) is 0.556. The number of carboxylic acid groups (broad SMARTS) is 1. The van der Waals surface area contributed by atoms with Crippen molar-refractivity contribution in [2.45, 2.75) is 38.3 Å². The van der Waals surface area contributed by atoms with Crippen molar-refractivity contribution in [1.82, 2.24) is 10.2 Å². The van der Waals surface area contributed by atoms with Crippen molar-refractivity contribution in [2.75, 3.05) is 31.6 Å². The number of rotatable bonds is 6. The molecule has 1 heterocycles. The van der Waals surface area contributed by atoms with Crippen molar-refractivity contribution in [3.8, 4) is 5.75 Å². The van der Waals surface area contributed by atoms with E-state index >= 15 is 0 Å². The second-order valence-electron chi connectivity index (χ2n) is 6.62. The Bertz CT molecular complexity index is 658. The molecule has 0 aromatic heterocycles. The van der Waals surface area contributed by atoms with Crippen LogP contribution in [0.1, 0.15) is 25.3 Å². The van der Waals surface area contributed by atoms with Crippen LogP contribution >= 0.6 is 0 Å². The van der Waals surface area contributed by atoms with Crippen LogP contribution in [0.2, 0.25) is 0 Å². The van der Waals surface area contributed by atoms with E-state index in [-0.39, 0.29) is 24.7 Å². The van der Waals surface area contributed by atoms with Crippen LogP contribution in [0.3, 0.4) is 0 Å². The van der Waals surface area contributed by atoms with E-state index in [9.17, 15) is 9.59 Å². The van der Waals surface area contributed by atoms with Gasteiger partial charge in [0.2, 0.25) is 0 Å². The molecule has 0 atom stereocenters. The smallest absolute Gasteiger partial charge is 0.322 e. The summed E-state index contributed by atoms with van der Waals surface area (Å²) in [7, 11) is 1.64. The topological polar surface area (TPSA) is 82.1 Å². The minimum absolute atomic E-state index is 0.0587. The molecular formula is C18H25N3O4. The lowest BCUT2D eigenvalue weighted by Gasteiger charge is -2.42. The summed E-state index contributed by atoms with van der Waals surface area (Å²) < 4.78 is 5.23. The molecule has 1 aromatic carbocycles. The minimum atomic E-state index is -0.807. The van der Waals surface area contributed by atoms with Gasteiger partial charge in [0, 0.05) is 24.3 Å². The van der Waals surface area contributed by atoms with Gasteiger partial charge in [-0.15, -0.1) is 0 Å². The van der Waals surface area contributed by atoms with Crippen molar-refractivity contribution < 1.29 is 19.4 Å². The Hall–Kier alpha value is -2.28. The Kier molecular flexibility index (Phi) is 5.13. The highest BCUT2D eigenvalue weighted by Gasteiger charge is 2.36. The number of aliphatic carboxylic acids is 1. The first-order valence-electron chi connectivity index (χ1n) is 8.72. The number of carboxylic acids is 1. The highest BCUT2D eigenvalue weighted by Crippen LogP contribution is 2.32. The normalized spacial score (nSPS) is 21.6. The van der Waals surface area contributed by atoms with Gasteiger partial charge < -0.3 is 15.2 Å². The number of carbonyl (C=O) groups excluding carboxylic acids is 1. The fourth-order valence-electron chi connectivity index (χ4n) is 3.65. The molecule has 0 spiro atoms. The number of nitrogens with zero attached hydrogens (tertiary/aromatic N) is 2. The van der Waals surface area contributed by atoms with Crippen molar-refractivity contribution in [3.63, 3.8) is 0 Å². The molecule has 2 amide bonds. The van der Waals surface area contributed by atoms with Gasteiger partial charge in [0.1, 0.15) is 5.75 Å². The fourth-order valence-corrected chi connectivity index (χ4v) is 3.65. The molecule has 25 heavy (non-hydrogen) atoms. The number of anilines is 1. The van der Waals surface area contributed by atoms with Gasteiger partial charge in [0.15, 0.2) is 0 Å². The third kappa shape index (κ3) is 3.71. The summed E-state index contributed by atoms with van der Waals surface area (Å²) in [6, 6.07) is 6.05. The van der Waals surface area contributed by atoms with Gasteiger partial charge in [-0.1, -0.05) is 6.92 Å². The molecule has 2 aliphatic rings. The van der Waals surface area contributed by atoms with Crippen LogP contribution in [0.4, 0.5) is 10.5 Å². The molecule has 7 heteroatoms. The molecule has 0 saturated heterocycles. The summed E-state index contributed by atoms with van der Waals surface area (Å²) >= 11 is 0. The zero-order valence-electron chi connectivity index (χ0n) is 14.7. The monoisotopic (exact) mass is 347 g/mol. The number of methoxy groups -OCH3 is 1. The Morgan fingerprint density at radius 3 is 2.80 bits per heavy atom. The first-order chi connectivity index (χ1) is 12.0. The minimum Gasteiger partial charge on any atom is -0.497 e. The van der Waals surface area contributed by atoms with E-state index in [1.165, 1.54) is 0 Å². The number of hydrogen-bond acceptors (Lipinski definition) is 4. The lowest BCUT2D eigenvalue weighted by atomic mass is 9.85. The average Bonchev–Trinajstić information content (AvgIpc) is 2.98. The van der Waals surface area contributed by atoms with Gasteiger partial charge in [0.05, 0.1) is 13.7 Å². The highest BCUT2D eigenvalue weighted by molar-refractivity contribution is 5.94. The third-order valence-electron chi connectivity index (χ3n) is 5.13. The third-order valence-corrected chi connectivity index (χ3v) is 5.13. The predicted molar refractivity (Wildman–Crippen MR) is 94.3 cm³/mol. The van der Waals surface area contributed by atoms with Gasteiger partial charge in [0.25, 0.3) is 0 Å². The Morgan fingerprint density at radius 1 is 1.40 bits per heavy atom. The molecule has 1 aliphatic carbocycles. The lowest BCUT2D eigenvalue weighted by molar-refractivity contribution is -0.139. The summed E-state index contributed by atoms with van der Waals surface area (Å²) in [5.41, 5.74) is 2.06. The van der Waals surface area contributed by atoms with E-state index in [4.69, 9.17) is 9.84 Å². The first-order valence-corrected chi connectivity index (χ1v) is 8.72. The molecular weight excluding hydrogens is 322 g/mol. The number of carbonyl (C=O) groups is 2. The summed E-state index contributed by atoms with van der Waals surface area (Å²) in [6.45, 7) is 3.40. The molecule has 3 rings (SSSR count). The van der Waals surface area contributed by atoms with E-state index in [0.29, 0.717) is 13.1 Å². The number of benzene rings is 1. The molecule has 1 aromatic rings. The number of likely N-dealkylation sites (N-methyl/N-ethyl adjacent to an activating group) is 1. The van der Waals surface area contributed by atoms with Crippen molar-refractivity contribution in [2.24, 2.45) is 0 Å². The van der Waals surface area contributed by atoms with Crippen molar-refractivity contribution >= 4 is 17.7 Å². The summed E-state index contributed by atoms with van der Waals surface area (Å²) in [5.74, 6) is -0.000585. The van der Waals surface area contributed by atoms with Gasteiger partial charge in [-0.05, 0) is 49.6 Å². The Labute approximate surface area is 147 Å². The van der Waals surface area contributed by atoms with E-state index < -0.39 is 5.97 Å². The predicted octanol–water partition coefficient (Wildman–Crippen LogP) is 1.70. The van der Waals surface area contributed by atoms with Gasteiger partial charge in [-0.2, -0.15) is 0 Å². The zero-order chi connectivity index (χ0) is 18.0. The molecule has 1 fully saturated rings. The maximum absolute atomic E-state index is 12.6. The summed E-state index contributed by atoms with van der Waals surface area (Å²) in [6.07, 6.45) is 2.43. The quantitative estimate of drug-likeness (QED) is 0.819. The van der Waals surface area contributed by atoms with Crippen LogP contribution in [0, 0.1) is 0 Å². The van der Waals surface area contributed by atoms with Crippen LogP contribution < -0.4 is 15.0 Å². The summed E-state index contributed by atoms with van der Waals surface area (Å²) in [4.78, 5) is 27.2. The Morgan fingerprint density at radius 2 is 2.16 bits per heavy atom. The van der Waals surface area contributed by atoms with Crippen LogP contribution in [0.5, 0.6) is 5.75 Å². The van der Waals surface area contributed by atoms with E-state index in [1.807, 2.05) is 30.0 Å². The number of ether oxygens (including phenoxy) is 1. The van der Waals surface area contributed by atoms with Crippen LogP contribution in [-0.4, -0.2) is 60.8 Å². The van der Waals surface area contributed by atoms with E-state index in [0.717, 1.165) is 36.3 Å². The van der Waals surface area contributed by atoms with Crippen LogP contribution in [0.15, 0.2) is 18.2 Å². The number of hydrogen-bond donors (Lipinski definition) is 2. The molecule has 136 valence electrons. The maximum atomic E-state index is 12.6. The van der Waals surface area contributed by atoms with E-state index in [1.54, 1.807) is 12.0 Å². The molecule has 2 N–H and O–H groups in total. The number of urea groups is 1. The molecule has 1 saturated carbocycles. The first kappa shape index (κ1) is 17.5. The second kappa shape index (κ2) is 7.31. The zero-order valence-corrected chi connectivity index (χ0v) is 14.7. The molecule has 1 aliphatic heterocycles. The van der Waals surface area contributed by atoms with Gasteiger partial charge >= 0.3 is 12.0 Å².